The first-order valence-corrected chi connectivity index (χ1v) is 10.5. The normalized spacial score (nSPS) is 19.3. The van der Waals surface area contributed by atoms with Crippen molar-refractivity contribution in [2.75, 3.05) is 26.3 Å². The number of likely N-dealkylation sites (tertiary alicyclic amines) is 1. The number of H-pyrrole nitrogens is 1. The second-order valence-corrected chi connectivity index (χ2v) is 8.12. The van der Waals surface area contributed by atoms with Crippen LogP contribution in [0.2, 0.25) is 0 Å². The van der Waals surface area contributed by atoms with Gasteiger partial charge in [-0.3, -0.25) is 10.00 Å². The number of aryl methyl sites for hydroxylation is 1. The van der Waals surface area contributed by atoms with Crippen molar-refractivity contribution in [2.24, 2.45) is 0 Å². The molecule has 5 rings (SSSR count). The number of fused-ring (bicyclic) bond motifs is 1. The SMILES string of the molecule is Cc1cccc(-c2cn[nH]c2C2CCCN(Cc3ccc4c(c3)OCCO4)C2)c1. The predicted octanol–water partition coefficient (Wildman–Crippen LogP) is 4.54. The Balaban J connectivity index is 1.32. The van der Waals surface area contributed by atoms with Crippen LogP contribution in [0.1, 0.15) is 35.6 Å². The third kappa shape index (κ3) is 3.87. The summed E-state index contributed by atoms with van der Waals surface area (Å²) in [5.74, 6) is 2.20. The van der Waals surface area contributed by atoms with Crippen molar-refractivity contribution in [1.29, 1.82) is 0 Å². The number of piperidine rings is 1. The van der Waals surface area contributed by atoms with E-state index in [9.17, 15) is 0 Å². The molecule has 5 heteroatoms. The molecule has 1 N–H and O–H groups in total. The van der Waals surface area contributed by atoms with Crippen molar-refractivity contribution < 1.29 is 9.47 Å². The van der Waals surface area contributed by atoms with Gasteiger partial charge in [0.1, 0.15) is 13.2 Å². The van der Waals surface area contributed by atoms with E-state index < -0.39 is 0 Å². The standard InChI is InChI=1S/C24H27N3O2/c1-17-4-2-5-19(12-17)21-14-25-26-24(21)20-6-3-9-27(16-20)15-18-7-8-22-23(13-18)29-11-10-28-22/h2,4-5,7-8,12-14,20H,3,6,9-11,15-16H2,1H3,(H,25,26). The van der Waals surface area contributed by atoms with E-state index in [1.807, 2.05) is 12.3 Å². The molecular weight excluding hydrogens is 362 g/mol. The van der Waals surface area contributed by atoms with Gasteiger partial charge in [-0.15, -0.1) is 0 Å². The number of hydrogen-bond donors (Lipinski definition) is 1. The summed E-state index contributed by atoms with van der Waals surface area (Å²) in [7, 11) is 0. The molecule has 29 heavy (non-hydrogen) atoms. The second kappa shape index (κ2) is 7.91. The van der Waals surface area contributed by atoms with Crippen LogP contribution in [0.25, 0.3) is 11.1 Å². The zero-order chi connectivity index (χ0) is 19.6. The lowest BCUT2D eigenvalue weighted by Gasteiger charge is -2.33. The largest absolute Gasteiger partial charge is 0.486 e. The zero-order valence-electron chi connectivity index (χ0n) is 16.9. The lowest BCUT2D eigenvalue weighted by molar-refractivity contribution is 0.170. The average molecular weight is 389 g/mol. The molecule has 3 aromatic rings. The monoisotopic (exact) mass is 389 g/mol. The minimum atomic E-state index is 0.471. The van der Waals surface area contributed by atoms with E-state index in [4.69, 9.17) is 9.47 Å². The van der Waals surface area contributed by atoms with Crippen LogP contribution in [0.4, 0.5) is 0 Å². The number of aromatic amines is 1. The molecule has 2 aliphatic heterocycles. The highest BCUT2D eigenvalue weighted by atomic mass is 16.6. The van der Waals surface area contributed by atoms with Crippen molar-refractivity contribution in [3.8, 4) is 22.6 Å². The quantitative estimate of drug-likeness (QED) is 0.712. The molecule has 150 valence electrons. The molecule has 1 aromatic heterocycles. The highest BCUT2D eigenvalue weighted by Crippen LogP contribution is 2.35. The molecule has 0 saturated carbocycles. The second-order valence-electron chi connectivity index (χ2n) is 8.12. The fourth-order valence-corrected chi connectivity index (χ4v) is 4.53. The summed E-state index contributed by atoms with van der Waals surface area (Å²) < 4.78 is 11.4. The molecule has 5 nitrogen and oxygen atoms in total. The van der Waals surface area contributed by atoms with Crippen LogP contribution in [0, 0.1) is 6.92 Å². The van der Waals surface area contributed by atoms with E-state index in [1.165, 1.54) is 40.8 Å². The van der Waals surface area contributed by atoms with E-state index in [-0.39, 0.29) is 0 Å². The summed E-state index contributed by atoms with van der Waals surface area (Å²) in [5, 5.41) is 7.69. The maximum atomic E-state index is 5.75. The Kier molecular flexibility index (Phi) is 4.98. The summed E-state index contributed by atoms with van der Waals surface area (Å²) in [6.07, 6.45) is 4.37. The van der Waals surface area contributed by atoms with Gasteiger partial charge in [0.2, 0.25) is 0 Å². The van der Waals surface area contributed by atoms with Gasteiger partial charge in [-0.2, -0.15) is 5.10 Å². The van der Waals surface area contributed by atoms with Gasteiger partial charge < -0.3 is 9.47 Å². The minimum absolute atomic E-state index is 0.471. The number of aromatic nitrogens is 2. The van der Waals surface area contributed by atoms with Gasteiger partial charge in [0.15, 0.2) is 11.5 Å². The first-order valence-electron chi connectivity index (χ1n) is 10.5. The Bertz CT molecular complexity index is 997. The van der Waals surface area contributed by atoms with E-state index in [0.29, 0.717) is 19.1 Å². The molecule has 0 amide bonds. The summed E-state index contributed by atoms with van der Waals surface area (Å²) >= 11 is 0. The van der Waals surface area contributed by atoms with Gasteiger partial charge >= 0.3 is 0 Å². The molecule has 0 bridgehead atoms. The third-order valence-electron chi connectivity index (χ3n) is 5.92. The Morgan fingerprint density at radius 2 is 2.00 bits per heavy atom. The number of hydrogen-bond acceptors (Lipinski definition) is 4. The Labute approximate surface area is 171 Å². The molecule has 0 spiro atoms. The maximum Gasteiger partial charge on any atom is 0.161 e. The van der Waals surface area contributed by atoms with Crippen molar-refractivity contribution in [3.05, 3.63) is 65.5 Å². The van der Waals surface area contributed by atoms with Crippen molar-refractivity contribution >= 4 is 0 Å². The molecule has 0 aliphatic carbocycles. The van der Waals surface area contributed by atoms with E-state index in [1.54, 1.807) is 0 Å². The zero-order valence-corrected chi connectivity index (χ0v) is 16.9. The van der Waals surface area contributed by atoms with Gasteiger partial charge in [-0.1, -0.05) is 35.9 Å². The summed E-state index contributed by atoms with van der Waals surface area (Å²) in [6, 6.07) is 15.0. The first-order chi connectivity index (χ1) is 14.3. The van der Waals surface area contributed by atoms with Crippen LogP contribution in [-0.4, -0.2) is 41.4 Å². The van der Waals surface area contributed by atoms with Gasteiger partial charge in [-0.25, -0.2) is 0 Å². The average Bonchev–Trinajstić information content (AvgIpc) is 3.24. The van der Waals surface area contributed by atoms with Crippen LogP contribution in [0.5, 0.6) is 11.5 Å². The van der Waals surface area contributed by atoms with Gasteiger partial charge in [0.05, 0.1) is 6.20 Å². The Hall–Kier alpha value is -2.79. The lowest BCUT2D eigenvalue weighted by Crippen LogP contribution is -2.34. The number of rotatable bonds is 4. The van der Waals surface area contributed by atoms with Crippen molar-refractivity contribution in [2.45, 2.75) is 32.2 Å². The van der Waals surface area contributed by atoms with Crippen molar-refractivity contribution in [3.63, 3.8) is 0 Å². The van der Waals surface area contributed by atoms with E-state index in [0.717, 1.165) is 31.1 Å². The van der Waals surface area contributed by atoms with Crippen LogP contribution in [0.15, 0.2) is 48.7 Å². The minimum Gasteiger partial charge on any atom is -0.486 e. The van der Waals surface area contributed by atoms with Crippen LogP contribution < -0.4 is 9.47 Å². The van der Waals surface area contributed by atoms with Gasteiger partial charge in [0.25, 0.3) is 0 Å². The Morgan fingerprint density at radius 1 is 1.10 bits per heavy atom. The van der Waals surface area contributed by atoms with Crippen LogP contribution in [-0.2, 0) is 6.54 Å². The lowest BCUT2D eigenvalue weighted by atomic mass is 9.90. The molecule has 3 heterocycles. The number of nitrogens with zero attached hydrogens (tertiary/aromatic N) is 2. The first kappa shape index (κ1) is 18.3. The highest BCUT2D eigenvalue weighted by Gasteiger charge is 2.25. The maximum absolute atomic E-state index is 5.75. The molecule has 1 fully saturated rings. The molecule has 0 radical (unpaired) electrons. The molecule has 2 aromatic carbocycles. The van der Waals surface area contributed by atoms with Crippen molar-refractivity contribution in [1.82, 2.24) is 15.1 Å². The van der Waals surface area contributed by atoms with Crippen LogP contribution >= 0.6 is 0 Å². The molecule has 1 saturated heterocycles. The number of nitrogens with one attached hydrogen (secondary N) is 1. The number of benzene rings is 2. The summed E-state index contributed by atoms with van der Waals surface area (Å²) in [4.78, 5) is 2.54. The highest BCUT2D eigenvalue weighted by molar-refractivity contribution is 5.66. The third-order valence-corrected chi connectivity index (χ3v) is 5.92. The van der Waals surface area contributed by atoms with E-state index >= 15 is 0 Å². The Morgan fingerprint density at radius 3 is 2.90 bits per heavy atom. The topological polar surface area (TPSA) is 50.4 Å². The fraction of sp³-hybridized carbons (Fsp3) is 0.375. The summed E-state index contributed by atoms with van der Waals surface area (Å²) in [6.45, 7) is 6.49. The van der Waals surface area contributed by atoms with Gasteiger partial charge in [-0.05, 0) is 49.6 Å². The molecular formula is C24H27N3O2. The molecule has 1 atom stereocenters. The molecule has 1 unspecified atom stereocenters. The fourth-order valence-electron chi connectivity index (χ4n) is 4.53. The predicted molar refractivity (Wildman–Crippen MR) is 113 cm³/mol. The van der Waals surface area contributed by atoms with Gasteiger partial charge in [0, 0.05) is 30.3 Å². The number of ether oxygens (including phenoxy) is 2. The molecule has 2 aliphatic rings. The van der Waals surface area contributed by atoms with E-state index in [2.05, 4.69) is 58.4 Å². The van der Waals surface area contributed by atoms with Crippen LogP contribution in [0.3, 0.4) is 0 Å². The smallest absolute Gasteiger partial charge is 0.161 e. The summed E-state index contributed by atoms with van der Waals surface area (Å²) in [5.41, 5.74) is 6.30.